The second-order valence-corrected chi connectivity index (χ2v) is 5.80. The van der Waals surface area contributed by atoms with Crippen LogP contribution in [0, 0.1) is 6.92 Å². The van der Waals surface area contributed by atoms with Gasteiger partial charge in [-0.2, -0.15) is 11.8 Å². The Morgan fingerprint density at radius 2 is 2.18 bits per heavy atom. The van der Waals surface area contributed by atoms with Crippen molar-refractivity contribution in [2.45, 2.75) is 19.9 Å². The molecule has 1 N–H and O–H groups in total. The van der Waals surface area contributed by atoms with Gasteiger partial charge in [0.2, 0.25) is 0 Å². The van der Waals surface area contributed by atoms with E-state index in [4.69, 9.17) is 4.42 Å². The lowest BCUT2D eigenvalue weighted by Gasteiger charge is -2.26. The SMILES string of the molecule is Cc1ccc(C(C)NCCN2CCSCC2)o1. The van der Waals surface area contributed by atoms with E-state index in [-0.39, 0.29) is 0 Å². The highest BCUT2D eigenvalue weighted by Gasteiger charge is 2.12. The highest BCUT2D eigenvalue weighted by molar-refractivity contribution is 7.99. The number of rotatable bonds is 5. The summed E-state index contributed by atoms with van der Waals surface area (Å²) in [5.74, 6) is 4.60. The molecule has 0 saturated carbocycles. The van der Waals surface area contributed by atoms with Gasteiger partial charge in [0.05, 0.1) is 6.04 Å². The fraction of sp³-hybridized carbons (Fsp3) is 0.692. The third-order valence-corrected chi connectivity index (χ3v) is 4.11. The predicted octanol–water partition coefficient (Wildman–Crippen LogP) is 2.29. The van der Waals surface area contributed by atoms with Crippen molar-refractivity contribution in [3.05, 3.63) is 23.7 Å². The minimum Gasteiger partial charge on any atom is -0.465 e. The van der Waals surface area contributed by atoms with E-state index >= 15 is 0 Å². The second kappa shape index (κ2) is 6.47. The summed E-state index contributed by atoms with van der Waals surface area (Å²) in [5, 5.41) is 3.52. The van der Waals surface area contributed by atoms with Crippen molar-refractivity contribution in [2.75, 3.05) is 37.7 Å². The molecule has 96 valence electrons. The van der Waals surface area contributed by atoms with E-state index in [0.29, 0.717) is 6.04 Å². The van der Waals surface area contributed by atoms with Gasteiger partial charge >= 0.3 is 0 Å². The Morgan fingerprint density at radius 1 is 1.41 bits per heavy atom. The monoisotopic (exact) mass is 254 g/mol. The number of hydrogen-bond donors (Lipinski definition) is 1. The molecule has 1 aromatic heterocycles. The summed E-state index contributed by atoms with van der Waals surface area (Å²) in [5.41, 5.74) is 0. The van der Waals surface area contributed by atoms with Crippen molar-refractivity contribution in [1.29, 1.82) is 0 Å². The van der Waals surface area contributed by atoms with E-state index < -0.39 is 0 Å². The van der Waals surface area contributed by atoms with Crippen molar-refractivity contribution in [1.82, 2.24) is 10.2 Å². The standard InChI is InChI=1S/C13H22N2OS/c1-11-3-4-13(16-11)12(2)14-5-6-15-7-9-17-10-8-15/h3-4,12,14H,5-10H2,1-2H3. The van der Waals surface area contributed by atoms with Gasteiger partial charge in [0.1, 0.15) is 11.5 Å². The van der Waals surface area contributed by atoms with E-state index in [1.54, 1.807) is 0 Å². The molecule has 3 nitrogen and oxygen atoms in total. The minimum absolute atomic E-state index is 0.308. The van der Waals surface area contributed by atoms with Crippen LogP contribution in [0.5, 0.6) is 0 Å². The van der Waals surface area contributed by atoms with Crippen LogP contribution in [0.1, 0.15) is 24.5 Å². The van der Waals surface area contributed by atoms with Gasteiger partial charge in [0, 0.05) is 37.7 Å². The number of hydrogen-bond acceptors (Lipinski definition) is 4. The molecule has 1 fully saturated rings. The first kappa shape index (κ1) is 13.0. The van der Waals surface area contributed by atoms with Crippen LogP contribution in [0.25, 0.3) is 0 Å². The molecule has 1 aromatic rings. The summed E-state index contributed by atoms with van der Waals surface area (Å²) < 4.78 is 5.61. The lowest BCUT2D eigenvalue weighted by molar-refractivity contribution is 0.292. The van der Waals surface area contributed by atoms with E-state index in [9.17, 15) is 0 Å². The third-order valence-electron chi connectivity index (χ3n) is 3.17. The van der Waals surface area contributed by atoms with E-state index in [0.717, 1.165) is 24.6 Å². The normalized spacial score (nSPS) is 19.4. The summed E-state index contributed by atoms with van der Waals surface area (Å²) in [4.78, 5) is 2.53. The highest BCUT2D eigenvalue weighted by atomic mass is 32.2. The Bertz CT molecular complexity index is 334. The molecule has 0 amide bonds. The smallest absolute Gasteiger partial charge is 0.120 e. The largest absolute Gasteiger partial charge is 0.465 e. The summed E-state index contributed by atoms with van der Waals surface area (Å²) >= 11 is 2.06. The molecule has 1 aliphatic rings. The summed E-state index contributed by atoms with van der Waals surface area (Å²) in [6, 6.07) is 4.39. The van der Waals surface area contributed by atoms with Crippen LogP contribution in [-0.2, 0) is 0 Å². The second-order valence-electron chi connectivity index (χ2n) is 4.58. The van der Waals surface area contributed by atoms with Crippen molar-refractivity contribution in [3.63, 3.8) is 0 Å². The zero-order valence-corrected chi connectivity index (χ0v) is 11.6. The van der Waals surface area contributed by atoms with Crippen molar-refractivity contribution in [2.24, 2.45) is 0 Å². The molecular weight excluding hydrogens is 232 g/mol. The molecule has 17 heavy (non-hydrogen) atoms. The maximum atomic E-state index is 5.61. The molecule has 0 radical (unpaired) electrons. The molecule has 1 saturated heterocycles. The first-order chi connectivity index (χ1) is 8.25. The molecule has 2 rings (SSSR count). The maximum absolute atomic E-state index is 5.61. The number of thioether (sulfide) groups is 1. The van der Waals surface area contributed by atoms with Crippen molar-refractivity contribution < 1.29 is 4.42 Å². The van der Waals surface area contributed by atoms with Gasteiger partial charge in [-0.05, 0) is 26.0 Å². The predicted molar refractivity (Wildman–Crippen MR) is 73.6 cm³/mol. The van der Waals surface area contributed by atoms with Crippen LogP contribution >= 0.6 is 11.8 Å². The molecule has 0 aliphatic carbocycles. The van der Waals surface area contributed by atoms with Gasteiger partial charge < -0.3 is 14.6 Å². The Labute approximate surface area is 108 Å². The molecule has 1 aliphatic heterocycles. The Morgan fingerprint density at radius 3 is 2.82 bits per heavy atom. The van der Waals surface area contributed by atoms with Gasteiger partial charge in [-0.15, -0.1) is 0 Å². The first-order valence-electron chi connectivity index (χ1n) is 6.35. The van der Waals surface area contributed by atoms with Crippen LogP contribution in [0.15, 0.2) is 16.5 Å². The summed E-state index contributed by atoms with van der Waals surface area (Å²) in [7, 11) is 0. The molecule has 0 bridgehead atoms. The zero-order valence-electron chi connectivity index (χ0n) is 10.7. The van der Waals surface area contributed by atoms with Crippen LogP contribution in [0.3, 0.4) is 0 Å². The molecule has 0 spiro atoms. The lowest BCUT2D eigenvalue weighted by atomic mass is 10.2. The van der Waals surface area contributed by atoms with Gasteiger partial charge in [-0.1, -0.05) is 0 Å². The van der Waals surface area contributed by atoms with E-state index in [1.807, 2.05) is 13.0 Å². The molecule has 1 unspecified atom stereocenters. The third kappa shape index (κ3) is 4.05. The quantitative estimate of drug-likeness (QED) is 0.873. The lowest BCUT2D eigenvalue weighted by Crippen LogP contribution is -2.38. The van der Waals surface area contributed by atoms with Crippen LogP contribution in [0.4, 0.5) is 0 Å². The minimum atomic E-state index is 0.308. The summed E-state index contributed by atoms with van der Waals surface area (Å²) in [6.07, 6.45) is 0. The maximum Gasteiger partial charge on any atom is 0.120 e. The number of nitrogens with one attached hydrogen (secondary N) is 1. The van der Waals surface area contributed by atoms with Crippen LogP contribution < -0.4 is 5.32 Å². The van der Waals surface area contributed by atoms with Crippen LogP contribution in [0.2, 0.25) is 0 Å². The molecular formula is C13H22N2OS. The number of nitrogens with zero attached hydrogens (tertiary/aromatic N) is 1. The van der Waals surface area contributed by atoms with Crippen molar-refractivity contribution >= 4 is 11.8 Å². The van der Waals surface area contributed by atoms with Gasteiger partial charge in [0.15, 0.2) is 0 Å². The average molecular weight is 254 g/mol. The molecule has 2 heterocycles. The molecule has 1 atom stereocenters. The first-order valence-corrected chi connectivity index (χ1v) is 7.51. The average Bonchev–Trinajstić information content (AvgIpc) is 2.77. The van der Waals surface area contributed by atoms with Gasteiger partial charge in [-0.25, -0.2) is 0 Å². The van der Waals surface area contributed by atoms with E-state index in [1.165, 1.54) is 24.6 Å². The molecule has 4 heteroatoms. The van der Waals surface area contributed by atoms with E-state index in [2.05, 4.69) is 35.0 Å². The fourth-order valence-electron chi connectivity index (χ4n) is 2.05. The fourth-order valence-corrected chi connectivity index (χ4v) is 3.03. The Kier molecular flexibility index (Phi) is 4.95. The Hall–Kier alpha value is -0.450. The zero-order chi connectivity index (χ0) is 12.1. The van der Waals surface area contributed by atoms with Gasteiger partial charge in [0.25, 0.3) is 0 Å². The number of aryl methyl sites for hydroxylation is 1. The van der Waals surface area contributed by atoms with Crippen molar-refractivity contribution in [3.8, 4) is 0 Å². The molecule has 0 aromatic carbocycles. The van der Waals surface area contributed by atoms with Gasteiger partial charge in [-0.3, -0.25) is 0 Å². The Balaban J connectivity index is 1.67. The topological polar surface area (TPSA) is 28.4 Å². The highest BCUT2D eigenvalue weighted by Crippen LogP contribution is 2.15. The van der Waals surface area contributed by atoms with Crippen LogP contribution in [-0.4, -0.2) is 42.6 Å². The summed E-state index contributed by atoms with van der Waals surface area (Å²) in [6.45, 7) is 8.79. The number of furan rings is 1.